The Bertz CT molecular complexity index is 199. The van der Waals surface area contributed by atoms with Gasteiger partial charge >= 0.3 is 5.97 Å². The topological polar surface area (TPSA) is 63.6 Å². The standard InChI is InChI=1S/C7H10O4/c1-2-7(6(9)10)5(8)3-4-11-7/h2-4H2,1H3,(H,9,10)/t7-/m0/s1. The van der Waals surface area contributed by atoms with E-state index in [1.807, 2.05) is 0 Å². The third-order valence-electron chi connectivity index (χ3n) is 1.97. The summed E-state index contributed by atoms with van der Waals surface area (Å²) in [5, 5.41) is 8.69. The lowest BCUT2D eigenvalue weighted by Crippen LogP contribution is -2.43. The third kappa shape index (κ3) is 1.03. The zero-order valence-corrected chi connectivity index (χ0v) is 6.29. The first-order valence-corrected chi connectivity index (χ1v) is 3.54. The number of ether oxygens (including phenoxy) is 1. The van der Waals surface area contributed by atoms with Gasteiger partial charge in [0.25, 0.3) is 0 Å². The molecule has 0 bridgehead atoms. The number of carboxylic acid groups (broad SMARTS) is 1. The van der Waals surface area contributed by atoms with Crippen LogP contribution in [-0.4, -0.2) is 29.1 Å². The highest BCUT2D eigenvalue weighted by Crippen LogP contribution is 2.25. The van der Waals surface area contributed by atoms with Crippen molar-refractivity contribution in [3.05, 3.63) is 0 Å². The monoisotopic (exact) mass is 158 g/mol. The summed E-state index contributed by atoms with van der Waals surface area (Å²) in [5.41, 5.74) is -1.53. The average molecular weight is 158 g/mol. The van der Waals surface area contributed by atoms with Gasteiger partial charge in [-0.05, 0) is 6.42 Å². The van der Waals surface area contributed by atoms with Gasteiger partial charge in [-0.15, -0.1) is 0 Å². The van der Waals surface area contributed by atoms with Crippen LogP contribution in [0.3, 0.4) is 0 Å². The predicted octanol–water partition coefficient (Wildman–Crippen LogP) is 0.209. The highest BCUT2D eigenvalue weighted by molar-refractivity contribution is 6.07. The van der Waals surface area contributed by atoms with E-state index in [9.17, 15) is 9.59 Å². The Morgan fingerprint density at radius 1 is 1.82 bits per heavy atom. The number of hydrogen-bond donors (Lipinski definition) is 1. The molecule has 1 saturated heterocycles. The highest BCUT2D eigenvalue weighted by Gasteiger charge is 2.48. The molecule has 1 N–H and O–H groups in total. The van der Waals surface area contributed by atoms with Gasteiger partial charge in [0.2, 0.25) is 5.60 Å². The van der Waals surface area contributed by atoms with Crippen molar-refractivity contribution in [2.45, 2.75) is 25.4 Å². The van der Waals surface area contributed by atoms with Crippen LogP contribution >= 0.6 is 0 Å². The average Bonchev–Trinajstić information content (AvgIpc) is 2.32. The molecular weight excluding hydrogens is 148 g/mol. The molecule has 1 aliphatic heterocycles. The van der Waals surface area contributed by atoms with Crippen molar-refractivity contribution < 1.29 is 19.4 Å². The van der Waals surface area contributed by atoms with Crippen molar-refractivity contribution in [3.63, 3.8) is 0 Å². The van der Waals surface area contributed by atoms with E-state index in [0.717, 1.165) is 0 Å². The van der Waals surface area contributed by atoms with Crippen LogP contribution in [0, 0.1) is 0 Å². The molecule has 0 aliphatic carbocycles. The number of carbonyl (C=O) groups is 2. The lowest BCUT2D eigenvalue weighted by atomic mass is 9.96. The fraction of sp³-hybridized carbons (Fsp3) is 0.714. The third-order valence-corrected chi connectivity index (χ3v) is 1.97. The number of carboxylic acids is 1. The maximum absolute atomic E-state index is 11.1. The van der Waals surface area contributed by atoms with Crippen LogP contribution in [0.4, 0.5) is 0 Å². The molecule has 0 aromatic rings. The fourth-order valence-electron chi connectivity index (χ4n) is 1.23. The van der Waals surface area contributed by atoms with Crippen molar-refractivity contribution in [1.29, 1.82) is 0 Å². The summed E-state index contributed by atoms with van der Waals surface area (Å²) < 4.78 is 4.91. The lowest BCUT2D eigenvalue weighted by molar-refractivity contribution is -0.164. The van der Waals surface area contributed by atoms with Crippen LogP contribution in [0.25, 0.3) is 0 Å². The molecular formula is C7H10O4. The van der Waals surface area contributed by atoms with Gasteiger partial charge in [0, 0.05) is 6.42 Å². The molecule has 1 aliphatic rings. The first kappa shape index (κ1) is 8.20. The Morgan fingerprint density at radius 3 is 2.64 bits per heavy atom. The molecule has 1 heterocycles. The predicted molar refractivity (Wildman–Crippen MR) is 36.2 cm³/mol. The molecule has 0 aromatic heterocycles. The smallest absolute Gasteiger partial charge is 0.343 e. The second kappa shape index (κ2) is 2.62. The molecule has 1 fully saturated rings. The molecule has 1 atom stereocenters. The molecule has 0 amide bonds. The number of Topliss-reactive ketones (excluding diaryl/α,β-unsaturated/α-hetero) is 1. The lowest BCUT2D eigenvalue weighted by Gasteiger charge is -2.18. The SMILES string of the molecule is CC[C@]1(C(=O)O)OCCC1=O. The number of hydrogen-bond acceptors (Lipinski definition) is 3. The summed E-state index contributed by atoms with van der Waals surface area (Å²) in [4.78, 5) is 21.7. The first-order valence-electron chi connectivity index (χ1n) is 3.54. The van der Waals surface area contributed by atoms with Gasteiger partial charge in [-0.25, -0.2) is 4.79 Å². The maximum Gasteiger partial charge on any atom is 0.343 e. The second-order valence-electron chi connectivity index (χ2n) is 2.51. The Morgan fingerprint density at radius 2 is 2.45 bits per heavy atom. The molecule has 0 aromatic carbocycles. The largest absolute Gasteiger partial charge is 0.479 e. The molecule has 62 valence electrons. The zero-order chi connectivity index (χ0) is 8.48. The first-order chi connectivity index (χ1) is 5.13. The van der Waals surface area contributed by atoms with E-state index in [2.05, 4.69) is 0 Å². The Hall–Kier alpha value is -0.900. The van der Waals surface area contributed by atoms with E-state index in [4.69, 9.17) is 9.84 Å². The molecule has 11 heavy (non-hydrogen) atoms. The molecule has 4 heteroatoms. The number of rotatable bonds is 2. The fourth-order valence-corrected chi connectivity index (χ4v) is 1.23. The minimum Gasteiger partial charge on any atom is -0.479 e. The van der Waals surface area contributed by atoms with Gasteiger partial charge in [-0.2, -0.15) is 0 Å². The molecule has 0 saturated carbocycles. The van der Waals surface area contributed by atoms with Gasteiger partial charge in [0.15, 0.2) is 5.78 Å². The summed E-state index contributed by atoms with van der Waals surface area (Å²) in [7, 11) is 0. The van der Waals surface area contributed by atoms with Crippen LogP contribution < -0.4 is 0 Å². The van der Waals surface area contributed by atoms with E-state index in [1.165, 1.54) is 0 Å². The number of aliphatic carboxylic acids is 1. The molecule has 0 unspecified atom stereocenters. The molecule has 4 nitrogen and oxygen atoms in total. The molecule has 0 radical (unpaired) electrons. The van der Waals surface area contributed by atoms with Crippen LogP contribution in [-0.2, 0) is 14.3 Å². The van der Waals surface area contributed by atoms with Crippen molar-refractivity contribution in [2.75, 3.05) is 6.61 Å². The van der Waals surface area contributed by atoms with Gasteiger partial charge in [0.05, 0.1) is 6.61 Å². The van der Waals surface area contributed by atoms with Crippen molar-refractivity contribution >= 4 is 11.8 Å². The van der Waals surface area contributed by atoms with Crippen molar-refractivity contribution in [3.8, 4) is 0 Å². The summed E-state index contributed by atoms with van der Waals surface area (Å²) in [5.74, 6) is -1.48. The van der Waals surface area contributed by atoms with Gasteiger partial charge in [0.1, 0.15) is 0 Å². The highest BCUT2D eigenvalue weighted by atomic mass is 16.5. The molecule has 0 spiro atoms. The minimum atomic E-state index is -1.53. The minimum absolute atomic E-state index is 0.209. The zero-order valence-electron chi connectivity index (χ0n) is 6.29. The van der Waals surface area contributed by atoms with E-state index in [0.29, 0.717) is 0 Å². The summed E-state index contributed by atoms with van der Waals surface area (Å²) in [6, 6.07) is 0. The quantitative estimate of drug-likeness (QED) is 0.583. The Balaban J connectivity index is 2.91. The van der Waals surface area contributed by atoms with Crippen molar-refractivity contribution in [1.82, 2.24) is 0 Å². The Kier molecular flexibility index (Phi) is 1.95. The van der Waals surface area contributed by atoms with Crippen LogP contribution in [0.15, 0.2) is 0 Å². The summed E-state index contributed by atoms with van der Waals surface area (Å²) in [6.45, 7) is 1.87. The van der Waals surface area contributed by atoms with Crippen LogP contribution in [0.2, 0.25) is 0 Å². The second-order valence-corrected chi connectivity index (χ2v) is 2.51. The summed E-state index contributed by atoms with van der Waals surface area (Å²) >= 11 is 0. The maximum atomic E-state index is 11.1. The number of ketones is 1. The van der Waals surface area contributed by atoms with Crippen LogP contribution in [0.5, 0.6) is 0 Å². The van der Waals surface area contributed by atoms with E-state index >= 15 is 0 Å². The van der Waals surface area contributed by atoms with Gasteiger partial charge < -0.3 is 9.84 Å². The van der Waals surface area contributed by atoms with E-state index in [1.54, 1.807) is 6.92 Å². The van der Waals surface area contributed by atoms with Crippen LogP contribution in [0.1, 0.15) is 19.8 Å². The molecule has 1 rings (SSSR count). The van der Waals surface area contributed by atoms with E-state index < -0.39 is 11.6 Å². The normalized spacial score (nSPS) is 30.8. The Labute approximate surface area is 64.2 Å². The number of carbonyl (C=O) groups excluding carboxylic acids is 1. The van der Waals surface area contributed by atoms with Gasteiger partial charge in [-0.1, -0.05) is 6.92 Å². The van der Waals surface area contributed by atoms with Crippen molar-refractivity contribution in [2.24, 2.45) is 0 Å². The van der Waals surface area contributed by atoms with Gasteiger partial charge in [-0.3, -0.25) is 4.79 Å². The van der Waals surface area contributed by atoms with E-state index in [-0.39, 0.29) is 25.2 Å². The summed E-state index contributed by atoms with van der Waals surface area (Å²) in [6.07, 6.45) is 0.432.